The van der Waals surface area contributed by atoms with Crippen LogP contribution in [-0.2, 0) is 4.74 Å². The van der Waals surface area contributed by atoms with E-state index in [1.807, 2.05) is 19.3 Å². The van der Waals surface area contributed by atoms with Gasteiger partial charge in [0.2, 0.25) is 0 Å². The molecular formula is C12H16N2O2S. The number of hydrogen-bond donors (Lipinski definition) is 0. The highest BCUT2D eigenvalue weighted by atomic mass is 32.2. The van der Waals surface area contributed by atoms with E-state index in [0.717, 1.165) is 12.8 Å². The minimum Gasteiger partial charge on any atom is -0.449 e. The van der Waals surface area contributed by atoms with Crippen LogP contribution in [0.1, 0.15) is 32.6 Å². The molecule has 0 N–H and O–H groups in total. The second kappa shape index (κ2) is 4.29. The van der Waals surface area contributed by atoms with Crippen molar-refractivity contribution >= 4 is 17.9 Å². The van der Waals surface area contributed by atoms with E-state index in [-0.39, 0.29) is 11.6 Å². The van der Waals surface area contributed by atoms with Crippen LogP contribution in [0, 0.1) is 0 Å². The molecule has 0 bridgehead atoms. The standard InChI is InChI=1S/C12H16N2O2S/c1-2-16-12(15)14-8-7-13-9-5-3-4-6-10(9)17-11(13)14/h7-8,11H,2-6H2,1H3. The van der Waals surface area contributed by atoms with Crippen LogP contribution < -0.4 is 0 Å². The normalized spacial score (nSPS) is 26.3. The lowest BCUT2D eigenvalue weighted by Crippen LogP contribution is -2.36. The number of fused-ring (bicyclic) bond motifs is 2. The van der Waals surface area contributed by atoms with Crippen molar-refractivity contribution in [2.75, 3.05) is 6.61 Å². The molecule has 17 heavy (non-hydrogen) atoms. The smallest absolute Gasteiger partial charge is 0.416 e. The molecule has 0 saturated heterocycles. The fourth-order valence-electron chi connectivity index (χ4n) is 2.50. The molecule has 0 radical (unpaired) electrons. The van der Waals surface area contributed by atoms with Crippen LogP contribution in [0.3, 0.4) is 0 Å². The van der Waals surface area contributed by atoms with Gasteiger partial charge in [-0.25, -0.2) is 4.79 Å². The van der Waals surface area contributed by atoms with Crippen molar-refractivity contribution < 1.29 is 9.53 Å². The third-order valence-electron chi connectivity index (χ3n) is 3.29. The van der Waals surface area contributed by atoms with Gasteiger partial charge in [0.15, 0.2) is 5.50 Å². The molecule has 0 aromatic heterocycles. The van der Waals surface area contributed by atoms with Crippen molar-refractivity contribution in [3.05, 3.63) is 23.0 Å². The van der Waals surface area contributed by atoms with Gasteiger partial charge in [-0.05, 0) is 32.6 Å². The van der Waals surface area contributed by atoms with Crippen LogP contribution in [0.5, 0.6) is 0 Å². The summed E-state index contributed by atoms with van der Waals surface area (Å²) >= 11 is 1.80. The van der Waals surface area contributed by atoms with Crippen LogP contribution in [-0.4, -0.2) is 28.0 Å². The van der Waals surface area contributed by atoms with Crippen molar-refractivity contribution in [3.63, 3.8) is 0 Å². The molecule has 3 rings (SSSR count). The second-order valence-electron chi connectivity index (χ2n) is 4.33. The van der Waals surface area contributed by atoms with Gasteiger partial charge < -0.3 is 9.64 Å². The van der Waals surface area contributed by atoms with E-state index in [1.165, 1.54) is 23.4 Å². The number of carbonyl (C=O) groups is 1. The quantitative estimate of drug-likeness (QED) is 0.718. The number of amides is 1. The van der Waals surface area contributed by atoms with Gasteiger partial charge in [0, 0.05) is 23.0 Å². The van der Waals surface area contributed by atoms with Crippen LogP contribution in [0.15, 0.2) is 23.0 Å². The number of thioether (sulfide) groups is 1. The Morgan fingerprint density at radius 1 is 1.47 bits per heavy atom. The van der Waals surface area contributed by atoms with Crippen LogP contribution >= 0.6 is 11.8 Å². The first kappa shape index (κ1) is 11.0. The predicted molar refractivity (Wildman–Crippen MR) is 66.7 cm³/mol. The molecule has 0 saturated carbocycles. The molecule has 2 aliphatic heterocycles. The third kappa shape index (κ3) is 1.73. The molecule has 0 aromatic rings. The Labute approximate surface area is 105 Å². The molecule has 2 heterocycles. The number of nitrogens with zero attached hydrogens (tertiary/aromatic N) is 2. The van der Waals surface area contributed by atoms with Gasteiger partial charge >= 0.3 is 6.09 Å². The van der Waals surface area contributed by atoms with E-state index in [1.54, 1.807) is 16.7 Å². The van der Waals surface area contributed by atoms with Gasteiger partial charge in [0.05, 0.1) is 6.61 Å². The van der Waals surface area contributed by atoms with Gasteiger partial charge in [0.1, 0.15) is 0 Å². The first-order valence-electron chi connectivity index (χ1n) is 6.11. The second-order valence-corrected chi connectivity index (χ2v) is 5.48. The Kier molecular flexibility index (Phi) is 2.78. The molecule has 1 atom stereocenters. The molecule has 3 aliphatic rings. The Morgan fingerprint density at radius 2 is 2.29 bits per heavy atom. The number of hydrogen-bond acceptors (Lipinski definition) is 4. The SMILES string of the molecule is CCOC(=O)N1C=CN2C3=C(CCCC3)SC12. The molecule has 92 valence electrons. The van der Waals surface area contributed by atoms with Crippen LogP contribution in [0.2, 0.25) is 0 Å². The summed E-state index contributed by atoms with van der Waals surface area (Å²) in [7, 11) is 0. The zero-order valence-electron chi connectivity index (χ0n) is 9.89. The van der Waals surface area contributed by atoms with Crippen molar-refractivity contribution in [3.8, 4) is 0 Å². The summed E-state index contributed by atoms with van der Waals surface area (Å²) in [6.07, 6.45) is 8.42. The zero-order valence-corrected chi connectivity index (χ0v) is 10.7. The fraction of sp³-hybridized carbons (Fsp3) is 0.583. The summed E-state index contributed by atoms with van der Waals surface area (Å²) in [6.45, 7) is 2.26. The highest BCUT2D eigenvalue weighted by molar-refractivity contribution is 8.03. The number of ether oxygens (including phenoxy) is 1. The monoisotopic (exact) mass is 252 g/mol. The van der Waals surface area contributed by atoms with E-state index in [9.17, 15) is 4.79 Å². The third-order valence-corrected chi connectivity index (χ3v) is 4.68. The maximum Gasteiger partial charge on any atom is 0.416 e. The summed E-state index contributed by atoms with van der Waals surface area (Å²) < 4.78 is 5.06. The Hall–Kier alpha value is -1.10. The largest absolute Gasteiger partial charge is 0.449 e. The van der Waals surface area contributed by atoms with E-state index >= 15 is 0 Å². The van der Waals surface area contributed by atoms with Gasteiger partial charge in [-0.15, -0.1) is 0 Å². The van der Waals surface area contributed by atoms with Gasteiger partial charge in [-0.1, -0.05) is 11.8 Å². The van der Waals surface area contributed by atoms with Crippen molar-refractivity contribution in [1.82, 2.24) is 9.80 Å². The van der Waals surface area contributed by atoms with Gasteiger partial charge in [0.25, 0.3) is 0 Å². The Bertz CT molecular complexity index is 405. The van der Waals surface area contributed by atoms with Gasteiger partial charge in [-0.2, -0.15) is 0 Å². The fourth-order valence-corrected chi connectivity index (χ4v) is 3.94. The molecule has 0 fully saturated rings. The first-order valence-corrected chi connectivity index (χ1v) is 6.99. The Morgan fingerprint density at radius 3 is 3.12 bits per heavy atom. The number of allylic oxidation sites excluding steroid dienone is 2. The maximum atomic E-state index is 11.8. The first-order chi connectivity index (χ1) is 8.31. The molecule has 1 unspecified atom stereocenters. The lowest BCUT2D eigenvalue weighted by atomic mass is 10.0. The lowest BCUT2D eigenvalue weighted by molar-refractivity contribution is 0.113. The topological polar surface area (TPSA) is 32.8 Å². The van der Waals surface area contributed by atoms with Crippen LogP contribution in [0.4, 0.5) is 4.79 Å². The predicted octanol–water partition coefficient (Wildman–Crippen LogP) is 3.05. The molecule has 1 amide bonds. The molecule has 1 aliphatic carbocycles. The van der Waals surface area contributed by atoms with Gasteiger partial charge in [-0.3, -0.25) is 4.90 Å². The lowest BCUT2D eigenvalue weighted by Gasteiger charge is -2.25. The average Bonchev–Trinajstić information content (AvgIpc) is 2.87. The van der Waals surface area contributed by atoms with Crippen LogP contribution in [0.25, 0.3) is 0 Å². The molecule has 4 nitrogen and oxygen atoms in total. The van der Waals surface area contributed by atoms with Crippen molar-refractivity contribution in [2.24, 2.45) is 0 Å². The maximum absolute atomic E-state index is 11.8. The molecule has 0 spiro atoms. The molecule has 0 aromatic carbocycles. The Balaban J connectivity index is 1.77. The molecule has 5 heteroatoms. The van der Waals surface area contributed by atoms with E-state index in [4.69, 9.17) is 4.74 Å². The molecular weight excluding hydrogens is 236 g/mol. The van der Waals surface area contributed by atoms with E-state index < -0.39 is 0 Å². The number of carbonyl (C=O) groups excluding carboxylic acids is 1. The summed E-state index contributed by atoms with van der Waals surface area (Å²) in [5, 5.41) is 0. The van der Waals surface area contributed by atoms with Crippen molar-refractivity contribution in [2.45, 2.75) is 38.1 Å². The van der Waals surface area contributed by atoms with E-state index in [2.05, 4.69) is 4.90 Å². The summed E-state index contributed by atoms with van der Waals surface area (Å²) in [5.41, 5.74) is 1.48. The highest BCUT2D eigenvalue weighted by Crippen LogP contribution is 2.48. The summed E-state index contributed by atoms with van der Waals surface area (Å²) in [5.74, 6) is 0. The number of rotatable bonds is 1. The zero-order chi connectivity index (χ0) is 11.8. The van der Waals surface area contributed by atoms with E-state index in [0.29, 0.717) is 6.61 Å². The average molecular weight is 252 g/mol. The highest BCUT2D eigenvalue weighted by Gasteiger charge is 2.41. The summed E-state index contributed by atoms with van der Waals surface area (Å²) in [6, 6.07) is 0. The minimum absolute atomic E-state index is 0.0668. The summed E-state index contributed by atoms with van der Waals surface area (Å²) in [4.78, 5) is 17.2. The minimum atomic E-state index is -0.247. The van der Waals surface area contributed by atoms with Crippen molar-refractivity contribution in [1.29, 1.82) is 0 Å².